The summed E-state index contributed by atoms with van der Waals surface area (Å²) in [6.45, 7) is 3.38. The molecule has 1 fully saturated rings. The van der Waals surface area contributed by atoms with E-state index in [1.54, 1.807) is 4.57 Å². The molecular formula is C14H16BrNO3. The van der Waals surface area contributed by atoms with Crippen molar-refractivity contribution >= 4 is 27.0 Å². The molecule has 2 heterocycles. The van der Waals surface area contributed by atoms with Gasteiger partial charge in [-0.15, -0.1) is 0 Å². The van der Waals surface area contributed by atoms with Crippen LogP contribution in [0.15, 0.2) is 27.4 Å². The van der Waals surface area contributed by atoms with Gasteiger partial charge in [0, 0.05) is 13.2 Å². The third kappa shape index (κ3) is 2.25. The maximum Gasteiger partial charge on any atom is 0.419 e. The van der Waals surface area contributed by atoms with Crippen molar-refractivity contribution in [2.75, 3.05) is 6.61 Å². The first-order valence-electron chi connectivity index (χ1n) is 6.59. The van der Waals surface area contributed by atoms with E-state index in [-0.39, 0.29) is 16.7 Å². The molecule has 0 N–H and O–H groups in total. The van der Waals surface area contributed by atoms with Gasteiger partial charge < -0.3 is 9.15 Å². The van der Waals surface area contributed by atoms with Crippen LogP contribution < -0.4 is 5.76 Å². The number of fused-ring (bicyclic) bond motifs is 1. The number of nitrogens with zero attached hydrogens (tertiary/aromatic N) is 1. The van der Waals surface area contributed by atoms with Crippen LogP contribution in [0.25, 0.3) is 11.1 Å². The summed E-state index contributed by atoms with van der Waals surface area (Å²) in [6, 6.07) is 5.91. The smallest absolute Gasteiger partial charge is 0.408 e. The van der Waals surface area contributed by atoms with Gasteiger partial charge in [-0.05, 0) is 37.5 Å². The zero-order chi connectivity index (χ0) is 13.4. The summed E-state index contributed by atoms with van der Waals surface area (Å²) < 4.78 is 12.6. The second-order valence-electron chi connectivity index (χ2n) is 4.79. The van der Waals surface area contributed by atoms with Crippen LogP contribution in [-0.4, -0.2) is 17.3 Å². The molecule has 1 aromatic heterocycles. The lowest BCUT2D eigenvalue weighted by Gasteiger charge is -2.17. The topological polar surface area (TPSA) is 44.4 Å². The molecule has 2 aromatic rings. The van der Waals surface area contributed by atoms with Gasteiger partial charge in [-0.25, -0.2) is 4.79 Å². The van der Waals surface area contributed by atoms with Crippen LogP contribution in [0, 0.1) is 0 Å². The average Bonchev–Trinajstić information content (AvgIpc) is 3.03. The first-order valence-corrected chi connectivity index (χ1v) is 7.51. The van der Waals surface area contributed by atoms with Gasteiger partial charge in [0.25, 0.3) is 0 Å². The van der Waals surface area contributed by atoms with Crippen molar-refractivity contribution in [3.8, 4) is 0 Å². The number of alkyl halides is 1. The number of halogens is 1. The average molecular weight is 326 g/mol. The molecule has 0 spiro atoms. The Morgan fingerprint density at radius 2 is 2.37 bits per heavy atom. The molecule has 0 amide bonds. The summed E-state index contributed by atoms with van der Waals surface area (Å²) in [5.41, 5.74) is 2.59. The molecule has 0 radical (unpaired) electrons. The van der Waals surface area contributed by atoms with Crippen LogP contribution in [-0.2, 0) is 11.3 Å². The van der Waals surface area contributed by atoms with Crippen molar-refractivity contribution in [1.82, 2.24) is 4.57 Å². The molecule has 19 heavy (non-hydrogen) atoms. The van der Waals surface area contributed by atoms with E-state index in [2.05, 4.69) is 15.9 Å². The normalized spacial score (nSPS) is 21.1. The maximum absolute atomic E-state index is 11.7. The first kappa shape index (κ1) is 12.9. The summed E-state index contributed by atoms with van der Waals surface area (Å²) in [7, 11) is 0. The molecule has 4 nitrogen and oxygen atoms in total. The van der Waals surface area contributed by atoms with E-state index in [0.717, 1.165) is 30.5 Å². The van der Waals surface area contributed by atoms with Gasteiger partial charge in [-0.3, -0.25) is 4.57 Å². The lowest BCUT2D eigenvalue weighted by atomic mass is 10.1. The summed E-state index contributed by atoms with van der Waals surface area (Å²) in [4.78, 5) is 11.8. The van der Waals surface area contributed by atoms with Gasteiger partial charge in [0.2, 0.25) is 0 Å². The highest BCUT2D eigenvalue weighted by atomic mass is 79.9. The second kappa shape index (κ2) is 5.13. The number of benzene rings is 1. The molecule has 0 aliphatic carbocycles. The third-order valence-electron chi connectivity index (χ3n) is 3.62. The molecule has 102 valence electrons. The molecule has 1 saturated heterocycles. The minimum atomic E-state index is -0.294. The van der Waals surface area contributed by atoms with E-state index in [0.29, 0.717) is 12.1 Å². The summed E-state index contributed by atoms with van der Waals surface area (Å²) >= 11 is 3.69. The molecular weight excluding hydrogens is 310 g/mol. The van der Waals surface area contributed by atoms with E-state index >= 15 is 0 Å². The van der Waals surface area contributed by atoms with Gasteiger partial charge in [0.05, 0.1) is 16.4 Å². The third-order valence-corrected chi connectivity index (χ3v) is 4.74. The van der Waals surface area contributed by atoms with Crippen LogP contribution in [0.2, 0.25) is 0 Å². The van der Waals surface area contributed by atoms with Crippen molar-refractivity contribution in [2.45, 2.75) is 37.2 Å². The van der Waals surface area contributed by atoms with Crippen LogP contribution in [0.5, 0.6) is 0 Å². The molecule has 0 bridgehead atoms. The van der Waals surface area contributed by atoms with Gasteiger partial charge in [-0.2, -0.15) is 0 Å². The zero-order valence-electron chi connectivity index (χ0n) is 10.8. The van der Waals surface area contributed by atoms with Gasteiger partial charge in [-0.1, -0.05) is 22.0 Å². The highest BCUT2D eigenvalue weighted by Gasteiger charge is 2.25. The molecule has 2 unspecified atom stereocenters. The summed E-state index contributed by atoms with van der Waals surface area (Å²) in [6.07, 6.45) is 2.38. The van der Waals surface area contributed by atoms with Crippen molar-refractivity contribution in [1.29, 1.82) is 0 Å². The lowest BCUT2D eigenvalue weighted by Crippen LogP contribution is -2.12. The Hall–Kier alpha value is -1.07. The number of rotatable bonds is 3. The molecule has 3 rings (SSSR count). The van der Waals surface area contributed by atoms with E-state index in [1.807, 2.05) is 25.1 Å². The van der Waals surface area contributed by atoms with E-state index in [9.17, 15) is 4.79 Å². The Labute approximate surface area is 119 Å². The predicted molar refractivity (Wildman–Crippen MR) is 76.8 cm³/mol. The molecule has 5 heteroatoms. The van der Waals surface area contributed by atoms with E-state index < -0.39 is 0 Å². The van der Waals surface area contributed by atoms with Crippen LogP contribution in [0.4, 0.5) is 0 Å². The number of aromatic nitrogens is 1. The zero-order valence-corrected chi connectivity index (χ0v) is 12.4. The quantitative estimate of drug-likeness (QED) is 0.814. The largest absolute Gasteiger partial charge is 0.419 e. The Bertz CT molecular complexity index is 640. The number of hydrogen-bond acceptors (Lipinski definition) is 3. The summed E-state index contributed by atoms with van der Waals surface area (Å²) in [5, 5.41) is 0. The van der Waals surface area contributed by atoms with Crippen molar-refractivity contribution in [3.63, 3.8) is 0 Å². The predicted octanol–water partition coefficient (Wildman–Crippen LogP) is 3.23. The van der Waals surface area contributed by atoms with Crippen LogP contribution in [0.1, 0.15) is 30.2 Å². The fourth-order valence-electron chi connectivity index (χ4n) is 2.60. The number of ether oxygens (including phenoxy) is 1. The Balaban J connectivity index is 1.99. The van der Waals surface area contributed by atoms with Gasteiger partial charge in [0.1, 0.15) is 0 Å². The van der Waals surface area contributed by atoms with Crippen LogP contribution >= 0.6 is 15.9 Å². The Morgan fingerprint density at radius 1 is 1.53 bits per heavy atom. The lowest BCUT2D eigenvalue weighted by molar-refractivity contribution is 0.110. The fraction of sp³-hybridized carbons (Fsp3) is 0.500. The van der Waals surface area contributed by atoms with Gasteiger partial charge >= 0.3 is 5.76 Å². The minimum Gasteiger partial charge on any atom is -0.408 e. The van der Waals surface area contributed by atoms with E-state index in [4.69, 9.17) is 9.15 Å². The van der Waals surface area contributed by atoms with Crippen molar-refractivity contribution in [2.24, 2.45) is 0 Å². The molecule has 1 aromatic carbocycles. The standard InChI is InChI=1S/C14H16BrNO3/c1-2-16-10-6-5-9(8-12(10)19-14(16)17)13(15)11-4-3-7-18-11/h5-6,8,11,13H,2-4,7H2,1H3. The number of aryl methyl sites for hydroxylation is 1. The number of oxazole rings is 1. The monoisotopic (exact) mass is 325 g/mol. The first-order chi connectivity index (χ1) is 9.20. The minimum absolute atomic E-state index is 0.148. The van der Waals surface area contributed by atoms with Gasteiger partial charge in [0.15, 0.2) is 5.58 Å². The molecule has 1 aliphatic heterocycles. The van der Waals surface area contributed by atoms with Crippen molar-refractivity contribution < 1.29 is 9.15 Å². The van der Waals surface area contributed by atoms with Crippen LogP contribution in [0.3, 0.4) is 0 Å². The highest BCUT2D eigenvalue weighted by Crippen LogP contribution is 2.35. The Morgan fingerprint density at radius 3 is 3.05 bits per heavy atom. The van der Waals surface area contributed by atoms with Crippen molar-refractivity contribution in [3.05, 3.63) is 34.3 Å². The Kier molecular flexibility index (Phi) is 3.50. The molecule has 1 aliphatic rings. The summed E-state index contributed by atoms with van der Waals surface area (Å²) in [5.74, 6) is -0.294. The number of hydrogen-bond donors (Lipinski definition) is 0. The van der Waals surface area contributed by atoms with E-state index in [1.165, 1.54) is 0 Å². The highest BCUT2D eigenvalue weighted by molar-refractivity contribution is 9.09. The molecule has 0 saturated carbocycles. The maximum atomic E-state index is 11.7. The SMILES string of the molecule is CCn1c(=O)oc2cc(C(Br)C3CCCO3)ccc21. The molecule has 2 atom stereocenters. The second-order valence-corrected chi connectivity index (χ2v) is 5.78. The fourth-order valence-corrected chi connectivity index (χ4v) is 3.30.